The summed E-state index contributed by atoms with van der Waals surface area (Å²) in [6, 6.07) is 3.84. The van der Waals surface area contributed by atoms with E-state index in [1.165, 1.54) is 0 Å². The quantitative estimate of drug-likeness (QED) is 0.501. The summed E-state index contributed by atoms with van der Waals surface area (Å²) in [7, 11) is 0. The Balaban J connectivity index is 2.32. The second-order valence-corrected chi connectivity index (χ2v) is 4.26. The van der Waals surface area contributed by atoms with Gasteiger partial charge in [0.2, 0.25) is 0 Å². The van der Waals surface area contributed by atoms with Crippen LogP contribution in [0.4, 0.5) is 0 Å². The monoisotopic (exact) mass is 253 g/mol. The second kappa shape index (κ2) is 8.58. The number of nitrogens with zero attached hydrogens (tertiary/aromatic N) is 1. The predicted molar refractivity (Wildman–Crippen MR) is 72.6 cm³/mol. The van der Waals surface area contributed by atoms with E-state index in [-0.39, 0.29) is 12.5 Å². The van der Waals surface area contributed by atoms with Crippen LogP contribution in [0.25, 0.3) is 0 Å². The fourth-order valence-corrected chi connectivity index (χ4v) is 1.41. The third kappa shape index (κ3) is 5.72. The Morgan fingerprint density at radius 2 is 2.33 bits per heavy atom. The van der Waals surface area contributed by atoms with E-state index in [1.807, 2.05) is 26.0 Å². The maximum absolute atomic E-state index is 8.96. The molecule has 18 heavy (non-hydrogen) atoms. The average molecular weight is 253 g/mol. The molecule has 1 aromatic rings. The van der Waals surface area contributed by atoms with Crippen molar-refractivity contribution in [3.63, 3.8) is 0 Å². The highest BCUT2D eigenvalue weighted by Gasteiger charge is 2.01. The standard InChI is InChI=1S/C13H23N3O2/c1-3-14-13(16-9-11(2)10-17)15-7-6-12-5-4-8-18-12/h4-5,8,11,17H,3,6-7,9-10H2,1-2H3,(H2,14,15,16). The van der Waals surface area contributed by atoms with Crippen molar-refractivity contribution in [3.05, 3.63) is 24.2 Å². The Bertz CT molecular complexity index is 336. The lowest BCUT2D eigenvalue weighted by Gasteiger charge is -2.11. The summed E-state index contributed by atoms with van der Waals surface area (Å²) >= 11 is 0. The van der Waals surface area contributed by atoms with Gasteiger partial charge in [-0.2, -0.15) is 0 Å². The molecule has 0 aliphatic heterocycles. The summed E-state index contributed by atoms with van der Waals surface area (Å²) < 4.78 is 5.26. The van der Waals surface area contributed by atoms with Gasteiger partial charge in [0.05, 0.1) is 6.26 Å². The number of aliphatic hydroxyl groups excluding tert-OH is 1. The molecule has 0 radical (unpaired) electrons. The minimum atomic E-state index is 0.162. The van der Waals surface area contributed by atoms with Crippen LogP contribution in [0, 0.1) is 5.92 Å². The molecule has 3 N–H and O–H groups in total. The summed E-state index contributed by atoms with van der Waals surface area (Å²) in [5.74, 6) is 1.93. The number of hydrogen-bond acceptors (Lipinski definition) is 3. The van der Waals surface area contributed by atoms with Crippen molar-refractivity contribution in [2.45, 2.75) is 20.3 Å². The maximum Gasteiger partial charge on any atom is 0.191 e. The number of aliphatic imine (C=N–C) groups is 1. The number of furan rings is 1. The molecule has 0 aromatic carbocycles. The minimum absolute atomic E-state index is 0.162. The molecule has 0 amide bonds. The average Bonchev–Trinajstić information content (AvgIpc) is 2.88. The first-order valence-electron chi connectivity index (χ1n) is 6.41. The molecule has 0 bridgehead atoms. The summed E-state index contributed by atoms with van der Waals surface area (Å²) in [4.78, 5) is 4.41. The number of hydrogen-bond donors (Lipinski definition) is 3. The summed E-state index contributed by atoms with van der Waals surface area (Å²) in [5.41, 5.74) is 0. The van der Waals surface area contributed by atoms with E-state index in [0.717, 1.165) is 31.2 Å². The highest BCUT2D eigenvalue weighted by Crippen LogP contribution is 1.99. The first kappa shape index (κ1) is 14.6. The molecular weight excluding hydrogens is 230 g/mol. The van der Waals surface area contributed by atoms with E-state index in [2.05, 4.69) is 15.6 Å². The van der Waals surface area contributed by atoms with Gasteiger partial charge in [0.25, 0.3) is 0 Å². The lowest BCUT2D eigenvalue weighted by atomic mass is 10.2. The normalized spacial score (nSPS) is 13.4. The van der Waals surface area contributed by atoms with E-state index in [1.54, 1.807) is 6.26 Å². The van der Waals surface area contributed by atoms with Gasteiger partial charge in [-0.25, -0.2) is 0 Å². The van der Waals surface area contributed by atoms with E-state index in [0.29, 0.717) is 6.54 Å². The Kier molecular flexibility index (Phi) is 6.94. The molecule has 102 valence electrons. The molecule has 1 rings (SSSR count). The second-order valence-electron chi connectivity index (χ2n) is 4.26. The van der Waals surface area contributed by atoms with E-state index in [4.69, 9.17) is 9.52 Å². The van der Waals surface area contributed by atoms with Crippen LogP contribution >= 0.6 is 0 Å². The van der Waals surface area contributed by atoms with Crippen molar-refractivity contribution in [2.24, 2.45) is 10.9 Å². The van der Waals surface area contributed by atoms with Gasteiger partial charge in [-0.15, -0.1) is 0 Å². The molecule has 1 heterocycles. The van der Waals surface area contributed by atoms with Crippen molar-refractivity contribution in [1.82, 2.24) is 10.6 Å². The van der Waals surface area contributed by atoms with E-state index < -0.39 is 0 Å². The Morgan fingerprint density at radius 1 is 1.50 bits per heavy atom. The third-order valence-electron chi connectivity index (χ3n) is 2.46. The maximum atomic E-state index is 8.96. The molecule has 0 saturated carbocycles. The smallest absolute Gasteiger partial charge is 0.191 e. The molecule has 1 aromatic heterocycles. The van der Waals surface area contributed by atoms with Gasteiger partial charge in [0, 0.05) is 32.7 Å². The molecule has 5 heteroatoms. The highest BCUT2D eigenvalue weighted by molar-refractivity contribution is 5.79. The lowest BCUT2D eigenvalue weighted by molar-refractivity contribution is 0.241. The van der Waals surface area contributed by atoms with Crippen molar-refractivity contribution >= 4 is 5.96 Å². The topological polar surface area (TPSA) is 69.8 Å². The molecule has 0 aliphatic rings. The van der Waals surface area contributed by atoms with Crippen LogP contribution < -0.4 is 10.6 Å². The lowest BCUT2D eigenvalue weighted by Crippen LogP contribution is -2.38. The molecular formula is C13H23N3O2. The van der Waals surface area contributed by atoms with Gasteiger partial charge in [-0.3, -0.25) is 4.99 Å². The zero-order valence-electron chi connectivity index (χ0n) is 11.1. The van der Waals surface area contributed by atoms with Crippen LogP contribution in [0.3, 0.4) is 0 Å². The Morgan fingerprint density at radius 3 is 2.94 bits per heavy atom. The third-order valence-corrected chi connectivity index (χ3v) is 2.46. The van der Waals surface area contributed by atoms with Crippen molar-refractivity contribution < 1.29 is 9.52 Å². The SMILES string of the molecule is CCNC(=NCC(C)CO)NCCc1ccco1. The number of nitrogens with one attached hydrogen (secondary N) is 2. The van der Waals surface area contributed by atoms with Crippen molar-refractivity contribution in [3.8, 4) is 0 Å². The van der Waals surface area contributed by atoms with Crippen molar-refractivity contribution in [2.75, 3.05) is 26.2 Å². The molecule has 1 unspecified atom stereocenters. The van der Waals surface area contributed by atoms with Crippen molar-refractivity contribution in [1.29, 1.82) is 0 Å². The molecule has 0 aliphatic carbocycles. The summed E-state index contributed by atoms with van der Waals surface area (Å²) in [6.07, 6.45) is 2.50. The first-order valence-corrected chi connectivity index (χ1v) is 6.41. The number of rotatable bonds is 7. The zero-order chi connectivity index (χ0) is 13.2. The van der Waals surface area contributed by atoms with Gasteiger partial charge in [-0.05, 0) is 25.0 Å². The first-order chi connectivity index (χ1) is 8.76. The van der Waals surface area contributed by atoms with E-state index in [9.17, 15) is 0 Å². The van der Waals surface area contributed by atoms with Crippen LogP contribution in [-0.2, 0) is 6.42 Å². The number of aliphatic hydroxyl groups is 1. The Labute approximate surface area is 108 Å². The van der Waals surface area contributed by atoms with Crippen LogP contribution in [0.5, 0.6) is 0 Å². The zero-order valence-corrected chi connectivity index (χ0v) is 11.1. The summed E-state index contributed by atoms with van der Waals surface area (Å²) in [6.45, 7) is 6.37. The van der Waals surface area contributed by atoms with Crippen LogP contribution in [0.15, 0.2) is 27.8 Å². The largest absolute Gasteiger partial charge is 0.469 e. The van der Waals surface area contributed by atoms with E-state index >= 15 is 0 Å². The minimum Gasteiger partial charge on any atom is -0.469 e. The number of guanidine groups is 1. The molecule has 0 saturated heterocycles. The molecule has 0 spiro atoms. The van der Waals surface area contributed by atoms with Crippen LogP contribution in [-0.4, -0.2) is 37.3 Å². The molecule has 1 atom stereocenters. The van der Waals surface area contributed by atoms with Gasteiger partial charge >= 0.3 is 0 Å². The predicted octanol–water partition coefficient (Wildman–Crippen LogP) is 1.01. The van der Waals surface area contributed by atoms with Gasteiger partial charge in [-0.1, -0.05) is 6.92 Å². The van der Waals surface area contributed by atoms with Gasteiger partial charge in [0.1, 0.15) is 5.76 Å². The van der Waals surface area contributed by atoms with Gasteiger partial charge in [0.15, 0.2) is 5.96 Å². The fraction of sp³-hybridized carbons (Fsp3) is 0.615. The highest BCUT2D eigenvalue weighted by atomic mass is 16.3. The van der Waals surface area contributed by atoms with Gasteiger partial charge < -0.3 is 20.2 Å². The van der Waals surface area contributed by atoms with Crippen LogP contribution in [0.2, 0.25) is 0 Å². The molecule has 0 fully saturated rings. The fourth-order valence-electron chi connectivity index (χ4n) is 1.41. The van der Waals surface area contributed by atoms with Crippen LogP contribution in [0.1, 0.15) is 19.6 Å². The Hall–Kier alpha value is -1.49. The molecule has 5 nitrogen and oxygen atoms in total. The summed E-state index contributed by atoms with van der Waals surface area (Å²) in [5, 5.41) is 15.4.